The van der Waals surface area contributed by atoms with Crippen molar-refractivity contribution in [3.63, 3.8) is 0 Å². The van der Waals surface area contributed by atoms with Crippen molar-refractivity contribution in [2.75, 3.05) is 39.5 Å². The average Bonchev–Trinajstić information content (AvgIpc) is 3.21. The lowest BCUT2D eigenvalue weighted by molar-refractivity contribution is -0.384. The molecule has 1 saturated heterocycles. The van der Waals surface area contributed by atoms with Crippen LogP contribution in [-0.4, -0.2) is 60.0 Å². The highest BCUT2D eigenvalue weighted by atomic mass is 35.5. The first-order chi connectivity index (χ1) is 14.1. The standard InChI is InChI=1S/C21H23N3O5.2ClH/c25-19(17-2-1-3-18(13-17)24(26)27)6-7-22-8-10-23(11-9-22)14-16-4-5-20-21(12-16)29-15-28-20;;/h1-5,12-13H,6-11,14-15H2;2*1H. The Labute approximate surface area is 193 Å². The first kappa shape index (κ1) is 24.9. The van der Waals surface area contributed by atoms with Gasteiger partial charge in [-0.05, 0) is 17.7 Å². The molecular formula is C21H25Cl2N3O5. The first-order valence-corrected chi connectivity index (χ1v) is 9.69. The second-order valence-electron chi connectivity index (χ2n) is 7.29. The fraction of sp³-hybridized carbons (Fsp3) is 0.381. The van der Waals surface area contributed by atoms with Crippen molar-refractivity contribution in [2.45, 2.75) is 13.0 Å². The lowest BCUT2D eigenvalue weighted by Gasteiger charge is -2.34. The van der Waals surface area contributed by atoms with Crippen LogP contribution in [0.25, 0.3) is 0 Å². The molecule has 0 amide bonds. The van der Waals surface area contributed by atoms with Crippen LogP contribution >= 0.6 is 24.8 Å². The Bertz CT molecular complexity index is 920. The highest BCUT2D eigenvalue weighted by molar-refractivity contribution is 5.96. The summed E-state index contributed by atoms with van der Waals surface area (Å²) >= 11 is 0. The van der Waals surface area contributed by atoms with E-state index in [1.807, 2.05) is 12.1 Å². The van der Waals surface area contributed by atoms with E-state index in [9.17, 15) is 14.9 Å². The number of ketones is 1. The molecule has 0 aromatic heterocycles. The highest BCUT2D eigenvalue weighted by Gasteiger charge is 2.20. The van der Waals surface area contributed by atoms with Gasteiger partial charge >= 0.3 is 0 Å². The number of halogens is 2. The predicted octanol–water partition coefficient (Wildman–Crippen LogP) is 3.56. The van der Waals surface area contributed by atoms with Crippen molar-refractivity contribution in [1.82, 2.24) is 9.80 Å². The lowest BCUT2D eigenvalue weighted by atomic mass is 10.1. The molecule has 0 radical (unpaired) electrons. The second-order valence-corrected chi connectivity index (χ2v) is 7.29. The highest BCUT2D eigenvalue weighted by Crippen LogP contribution is 2.32. The van der Waals surface area contributed by atoms with E-state index in [4.69, 9.17) is 9.47 Å². The maximum absolute atomic E-state index is 12.4. The summed E-state index contributed by atoms with van der Waals surface area (Å²) < 4.78 is 10.8. The second kappa shape index (κ2) is 11.3. The van der Waals surface area contributed by atoms with Gasteiger partial charge in [0.1, 0.15) is 0 Å². The molecule has 0 N–H and O–H groups in total. The molecule has 10 heteroatoms. The van der Waals surface area contributed by atoms with E-state index in [0.29, 0.717) is 18.5 Å². The summed E-state index contributed by atoms with van der Waals surface area (Å²) in [5.74, 6) is 1.55. The van der Waals surface area contributed by atoms with Crippen molar-refractivity contribution in [3.8, 4) is 11.5 Å². The number of rotatable bonds is 7. The summed E-state index contributed by atoms with van der Waals surface area (Å²) in [6, 6.07) is 12.0. The van der Waals surface area contributed by atoms with Gasteiger partial charge in [-0.15, -0.1) is 24.8 Å². The Hall–Kier alpha value is -2.39. The minimum atomic E-state index is -0.476. The number of Topliss-reactive ketones (excluding diaryl/α,β-unsaturated/α-hetero) is 1. The Kier molecular flexibility index (Phi) is 9.06. The third-order valence-electron chi connectivity index (χ3n) is 5.34. The Morgan fingerprint density at radius 1 is 0.968 bits per heavy atom. The van der Waals surface area contributed by atoms with Crippen LogP contribution in [0, 0.1) is 10.1 Å². The minimum absolute atomic E-state index is 0. The molecule has 0 bridgehead atoms. The molecule has 1 fully saturated rings. The number of benzene rings is 2. The number of piperazine rings is 1. The maximum Gasteiger partial charge on any atom is 0.270 e. The fourth-order valence-corrected chi connectivity index (χ4v) is 3.67. The van der Waals surface area contributed by atoms with E-state index in [-0.39, 0.29) is 43.1 Å². The van der Waals surface area contributed by atoms with Gasteiger partial charge in [0.2, 0.25) is 6.79 Å². The number of non-ortho nitro benzene ring substituents is 1. The van der Waals surface area contributed by atoms with Crippen LogP contribution < -0.4 is 9.47 Å². The lowest BCUT2D eigenvalue weighted by Crippen LogP contribution is -2.46. The molecule has 31 heavy (non-hydrogen) atoms. The van der Waals surface area contributed by atoms with E-state index >= 15 is 0 Å². The fourth-order valence-electron chi connectivity index (χ4n) is 3.67. The van der Waals surface area contributed by atoms with Gasteiger partial charge in [0.25, 0.3) is 5.69 Å². The van der Waals surface area contributed by atoms with Crippen molar-refractivity contribution in [3.05, 3.63) is 63.7 Å². The minimum Gasteiger partial charge on any atom is -0.454 e. The summed E-state index contributed by atoms with van der Waals surface area (Å²) in [5.41, 5.74) is 1.55. The Morgan fingerprint density at radius 2 is 1.68 bits per heavy atom. The summed E-state index contributed by atoms with van der Waals surface area (Å²) in [5, 5.41) is 10.9. The number of ether oxygens (including phenoxy) is 2. The SMILES string of the molecule is Cl.Cl.O=C(CCN1CCN(Cc2ccc3c(c2)OCO3)CC1)c1cccc([N+](=O)[O-])c1. The molecule has 4 rings (SSSR count). The van der Waals surface area contributed by atoms with Gasteiger partial charge in [0.05, 0.1) is 4.92 Å². The number of nitrogens with zero attached hydrogens (tertiary/aromatic N) is 3. The van der Waals surface area contributed by atoms with Gasteiger partial charge in [0.15, 0.2) is 17.3 Å². The number of carbonyl (C=O) groups excluding carboxylic acids is 1. The molecule has 2 aliphatic heterocycles. The van der Waals surface area contributed by atoms with Gasteiger partial charge in [-0.1, -0.05) is 18.2 Å². The largest absolute Gasteiger partial charge is 0.454 e. The van der Waals surface area contributed by atoms with Crippen LogP contribution in [0.3, 0.4) is 0 Å². The summed E-state index contributed by atoms with van der Waals surface area (Å²) in [7, 11) is 0. The molecule has 2 heterocycles. The van der Waals surface area contributed by atoms with E-state index in [0.717, 1.165) is 44.2 Å². The van der Waals surface area contributed by atoms with E-state index < -0.39 is 4.92 Å². The average molecular weight is 470 g/mol. The maximum atomic E-state index is 12.4. The topological polar surface area (TPSA) is 85.2 Å². The third kappa shape index (κ3) is 6.30. The van der Waals surface area contributed by atoms with Crippen LogP contribution in [0.4, 0.5) is 5.69 Å². The van der Waals surface area contributed by atoms with Crippen LogP contribution in [0.15, 0.2) is 42.5 Å². The van der Waals surface area contributed by atoms with Crippen molar-refractivity contribution < 1.29 is 19.2 Å². The van der Waals surface area contributed by atoms with Gasteiger partial charge in [-0.3, -0.25) is 19.8 Å². The van der Waals surface area contributed by atoms with Crippen molar-refractivity contribution >= 4 is 36.3 Å². The molecule has 2 aliphatic rings. The zero-order valence-electron chi connectivity index (χ0n) is 16.9. The monoisotopic (exact) mass is 469 g/mol. The summed E-state index contributed by atoms with van der Waals surface area (Å²) in [6.45, 7) is 5.46. The van der Waals surface area contributed by atoms with E-state index in [1.165, 1.54) is 17.7 Å². The Morgan fingerprint density at radius 3 is 2.42 bits per heavy atom. The molecule has 0 atom stereocenters. The van der Waals surface area contributed by atoms with Gasteiger partial charge < -0.3 is 14.4 Å². The number of fused-ring (bicyclic) bond motifs is 1. The summed E-state index contributed by atoms with van der Waals surface area (Å²) in [6.07, 6.45) is 0.364. The Balaban J connectivity index is 0.00000171. The van der Waals surface area contributed by atoms with Crippen LogP contribution in [0.5, 0.6) is 11.5 Å². The van der Waals surface area contributed by atoms with Gasteiger partial charge in [0, 0.05) is 63.4 Å². The molecule has 168 valence electrons. The smallest absolute Gasteiger partial charge is 0.270 e. The summed E-state index contributed by atoms with van der Waals surface area (Å²) in [4.78, 5) is 27.4. The van der Waals surface area contributed by atoms with E-state index in [1.54, 1.807) is 12.1 Å². The quantitative estimate of drug-likeness (QED) is 0.348. The van der Waals surface area contributed by atoms with Crippen LogP contribution in [0.2, 0.25) is 0 Å². The molecular weight excluding hydrogens is 445 g/mol. The van der Waals surface area contributed by atoms with Crippen LogP contribution in [0.1, 0.15) is 22.3 Å². The third-order valence-corrected chi connectivity index (χ3v) is 5.34. The predicted molar refractivity (Wildman–Crippen MR) is 121 cm³/mol. The number of nitro groups is 1. The molecule has 0 saturated carbocycles. The van der Waals surface area contributed by atoms with Crippen LogP contribution in [-0.2, 0) is 6.54 Å². The normalized spacial score (nSPS) is 15.6. The van der Waals surface area contributed by atoms with Gasteiger partial charge in [-0.2, -0.15) is 0 Å². The molecule has 8 nitrogen and oxygen atoms in total. The zero-order valence-corrected chi connectivity index (χ0v) is 18.5. The number of hydrogen-bond acceptors (Lipinski definition) is 7. The molecule has 0 aliphatic carbocycles. The number of hydrogen-bond donors (Lipinski definition) is 0. The molecule has 2 aromatic carbocycles. The number of nitro benzene ring substituents is 1. The van der Waals surface area contributed by atoms with Crippen molar-refractivity contribution in [1.29, 1.82) is 0 Å². The van der Waals surface area contributed by atoms with E-state index in [2.05, 4.69) is 15.9 Å². The zero-order chi connectivity index (χ0) is 20.2. The molecule has 2 aromatic rings. The van der Waals surface area contributed by atoms with Gasteiger partial charge in [-0.25, -0.2) is 0 Å². The molecule has 0 spiro atoms. The van der Waals surface area contributed by atoms with Crippen molar-refractivity contribution in [2.24, 2.45) is 0 Å². The molecule has 0 unspecified atom stereocenters. The first-order valence-electron chi connectivity index (χ1n) is 9.69. The number of carbonyl (C=O) groups is 1.